The van der Waals surface area contributed by atoms with Crippen LogP contribution in [0.25, 0.3) is 0 Å². The summed E-state index contributed by atoms with van der Waals surface area (Å²) in [5.74, 6) is -0.0249. The highest BCUT2D eigenvalue weighted by Crippen LogP contribution is 2.14. The van der Waals surface area contributed by atoms with Crippen LogP contribution in [-0.2, 0) is 4.79 Å². The lowest BCUT2D eigenvalue weighted by atomic mass is 10.1. The summed E-state index contributed by atoms with van der Waals surface area (Å²) in [6.45, 7) is 8.36. The number of hydrogen-bond acceptors (Lipinski definition) is 3. The van der Waals surface area contributed by atoms with Gasteiger partial charge in [0.2, 0.25) is 5.91 Å². The van der Waals surface area contributed by atoms with E-state index in [0.29, 0.717) is 13.0 Å². The predicted molar refractivity (Wildman–Crippen MR) is 82.9 cm³/mol. The molecule has 0 spiro atoms. The van der Waals surface area contributed by atoms with Crippen molar-refractivity contribution in [3.8, 4) is 0 Å². The average molecular weight is 278 g/mol. The van der Waals surface area contributed by atoms with Gasteiger partial charge in [0.25, 0.3) is 0 Å². The molecule has 4 nitrogen and oxygen atoms in total. The van der Waals surface area contributed by atoms with Crippen LogP contribution in [0.1, 0.15) is 31.4 Å². The van der Waals surface area contributed by atoms with E-state index in [4.69, 9.17) is 0 Å². The van der Waals surface area contributed by atoms with Crippen LogP contribution in [0, 0.1) is 13.8 Å². The molecular weight excluding hydrogens is 252 g/mol. The predicted octanol–water partition coefficient (Wildman–Crippen LogP) is 2.33. The Balaban J connectivity index is 2.60. The molecule has 0 aromatic heterocycles. The number of nitrogens with one attached hydrogen (secondary N) is 1. The van der Waals surface area contributed by atoms with Gasteiger partial charge in [-0.15, -0.1) is 0 Å². The molecule has 2 atom stereocenters. The van der Waals surface area contributed by atoms with Gasteiger partial charge in [0.1, 0.15) is 0 Å². The Hall–Kier alpha value is -1.39. The van der Waals surface area contributed by atoms with E-state index in [9.17, 15) is 9.90 Å². The van der Waals surface area contributed by atoms with Crippen molar-refractivity contribution in [2.45, 2.75) is 46.3 Å². The summed E-state index contributed by atoms with van der Waals surface area (Å²) in [6.07, 6.45) is 0.324. The second kappa shape index (κ2) is 7.41. The SMILES string of the molecule is Cc1cc(C)cc(NC(=O)C(C)N(C)CCC(C)O)c1. The molecule has 112 valence electrons. The van der Waals surface area contributed by atoms with Crippen LogP contribution >= 0.6 is 0 Å². The summed E-state index contributed by atoms with van der Waals surface area (Å²) in [7, 11) is 1.90. The van der Waals surface area contributed by atoms with E-state index in [1.807, 2.05) is 44.9 Å². The Morgan fingerprint density at radius 3 is 2.30 bits per heavy atom. The first-order chi connectivity index (χ1) is 9.29. The fourth-order valence-electron chi connectivity index (χ4n) is 2.08. The highest BCUT2D eigenvalue weighted by atomic mass is 16.3. The lowest BCUT2D eigenvalue weighted by molar-refractivity contribution is -0.120. The number of aryl methyl sites for hydroxylation is 2. The molecule has 1 rings (SSSR count). The summed E-state index contributed by atoms with van der Waals surface area (Å²) < 4.78 is 0. The Bertz CT molecular complexity index is 438. The largest absolute Gasteiger partial charge is 0.393 e. The maximum atomic E-state index is 12.2. The normalized spacial score (nSPS) is 14.2. The van der Waals surface area contributed by atoms with Gasteiger partial charge in [-0.2, -0.15) is 0 Å². The molecule has 20 heavy (non-hydrogen) atoms. The van der Waals surface area contributed by atoms with Crippen LogP contribution in [0.3, 0.4) is 0 Å². The lowest BCUT2D eigenvalue weighted by Gasteiger charge is -2.24. The summed E-state index contributed by atoms with van der Waals surface area (Å²) in [4.78, 5) is 14.2. The van der Waals surface area contributed by atoms with E-state index >= 15 is 0 Å². The molecular formula is C16H26N2O2. The quantitative estimate of drug-likeness (QED) is 0.839. The molecule has 0 heterocycles. The maximum absolute atomic E-state index is 12.2. The monoisotopic (exact) mass is 278 g/mol. The van der Waals surface area contributed by atoms with Crippen molar-refractivity contribution in [1.29, 1.82) is 0 Å². The number of anilines is 1. The lowest BCUT2D eigenvalue weighted by Crippen LogP contribution is -2.40. The number of carbonyl (C=O) groups excluding carboxylic acids is 1. The average Bonchev–Trinajstić information content (AvgIpc) is 2.33. The highest BCUT2D eigenvalue weighted by Gasteiger charge is 2.18. The number of aliphatic hydroxyl groups excluding tert-OH is 1. The van der Waals surface area contributed by atoms with Gasteiger partial charge in [-0.25, -0.2) is 0 Å². The second-order valence-electron chi connectivity index (χ2n) is 5.66. The molecule has 1 aromatic carbocycles. The maximum Gasteiger partial charge on any atom is 0.241 e. The van der Waals surface area contributed by atoms with E-state index in [2.05, 4.69) is 11.4 Å². The highest BCUT2D eigenvalue weighted by molar-refractivity contribution is 5.94. The molecule has 4 heteroatoms. The number of nitrogens with zero attached hydrogens (tertiary/aromatic N) is 1. The van der Waals surface area contributed by atoms with Gasteiger partial charge in [-0.3, -0.25) is 9.69 Å². The molecule has 0 saturated heterocycles. The number of aliphatic hydroxyl groups is 1. The van der Waals surface area contributed by atoms with E-state index < -0.39 is 0 Å². The molecule has 1 aromatic rings. The van der Waals surface area contributed by atoms with Crippen LogP contribution in [0.5, 0.6) is 0 Å². The number of hydrogen-bond donors (Lipinski definition) is 2. The van der Waals surface area contributed by atoms with Crippen LogP contribution < -0.4 is 5.32 Å². The van der Waals surface area contributed by atoms with Gasteiger partial charge in [0.15, 0.2) is 0 Å². The smallest absolute Gasteiger partial charge is 0.241 e. The summed E-state index contributed by atoms with van der Waals surface area (Å²) in [6, 6.07) is 5.78. The first-order valence-electron chi connectivity index (χ1n) is 7.07. The van der Waals surface area contributed by atoms with Crippen LogP contribution in [-0.4, -0.2) is 41.7 Å². The minimum absolute atomic E-state index is 0.0249. The minimum atomic E-state index is -0.341. The zero-order valence-corrected chi connectivity index (χ0v) is 13.1. The molecule has 2 N–H and O–H groups in total. The van der Waals surface area contributed by atoms with Gasteiger partial charge in [0.05, 0.1) is 12.1 Å². The third-order valence-electron chi connectivity index (χ3n) is 3.43. The molecule has 1 amide bonds. The van der Waals surface area contributed by atoms with Gasteiger partial charge >= 0.3 is 0 Å². The standard InChI is InChI=1S/C16H26N2O2/c1-11-8-12(2)10-15(9-11)17-16(20)14(4)18(5)7-6-13(3)19/h8-10,13-14,19H,6-7H2,1-5H3,(H,17,20). The van der Waals surface area contributed by atoms with E-state index in [0.717, 1.165) is 16.8 Å². The summed E-state index contributed by atoms with van der Waals surface area (Å²) >= 11 is 0. The Kier molecular flexibility index (Phi) is 6.17. The minimum Gasteiger partial charge on any atom is -0.393 e. The van der Waals surface area contributed by atoms with Crippen molar-refractivity contribution >= 4 is 11.6 Å². The number of likely N-dealkylation sites (N-methyl/N-ethyl adjacent to an activating group) is 1. The van der Waals surface area contributed by atoms with Crippen LogP contribution in [0.15, 0.2) is 18.2 Å². The third kappa shape index (κ3) is 5.31. The van der Waals surface area contributed by atoms with Gasteiger partial charge in [-0.05, 0) is 64.4 Å². The van der Waals surface area contributed by atoms with Crippen molar-refractivity contribution in [3.05, 3.63) is 29.3 Å². The van der Waals surface area contributed by atoms with E-state index in [1.165, 1.54) is 0 Å². The molecule has 0 saturated carbocycles. The van der Waals surface area contributed by atoms with Crippen molar-refractivity contribution in [2.24, 2.45) is 0 Å². The number of benzene rings is 1. The fourth-order valence-corrected chi connectivity index (χ4v) is 2.08. The van der Waals surface area contributed by atoms with Crippen molar-refractivity contribution < 1.29 is 9.90 Å². The van der Waals surface area contributed by atoms with Crippen molar-refractivity contribution in [1.82, 2.24) is 4.90 Å². The van der Waals surface area contributed by atoms with Gasteiger partial charge < -0.3 is 10.4 Å². The Morgan fingerprint density at radius 1 is 1.25 bits per heavy atom. The number of carbonyl (C=O) groups is 1. The van der Waals surface area contributed by atoms with Gasteiger partial charge in [-0.1, -0.05) is 6.07 Å². The summed E-state index contributed by atoms with van der Waals surface area (Å²) in [5, 5.41) is 12.2. The topological polar surface area (TPSA) is 52.6 Å². The first-order valence-corrected chi connectivity index (χ1v) is 7.07. The molecule has 0 aliphatic rings. The second-order valence-corrected chi connectivity index (χ2v) is 5.66. The van der Waals surface area contributed by atoms with Crippen LogP contribution in [0.4, 0.5) is 5.69 Å². The number of amides is 1. The van der Waals surface area contributed by atoms with E-state index in [1.54, 1.807) is 6.92 Å². The van der Waals surface area contributed by atoms with E-state index in [-0.39, 0.29) is 18.1 Å². The molecule has 0 aliphatic heterocycles. The van der Waals surface area contributed by atoms with Crippen molar-refractivity contribution in [2.75, 3.05) is 18.9 Å². The molecule has 0 bridgehead atoms. The number of rotatable bonds is 6. The Morgan fingerprint density at radius 2 is 1.80 bits per heavy atom. The first kappa shape index (κ1) is 16.7. The van der Waals surface area contributed by atoms with Crippen LogP contribution in [0.2, 0.25) is 0 Å². The molecule has 0 aliphatic carbocycles. The molecule has 0 fully saturated rings. The third-order valence-corrected chi connectivity index (χ3v) is 3.43. The van der Waals surface area contributed by atoms with Crippen molar-refractivity contribution in [3.63, 3.8) is 0 Å². The molecule has 0 radical (unpaired) electrons. The zero-order chi connectivity index (χ0) is 15.3. The summed E-state index contributed by atoms with van der Waals surface area (Å²) in [5.41, 5.74) is 3.11. The van der Waals surface area contributed by atoms with Gasteiger partial charge in [0, 0.05) is 12.2 Å². The fraction of sp³-hybridized carbons (Fsp3) is 0.562. The zero-order valence-electron chi connectivity index (χ0n) is 13.1. The Labute approximate surface area is 121 Å². The molecule has 2 unspecified atom stereocenters.